The average molecular weight is 275 g/mol. The van der Waals surface area contributed by atoms with Gasteiger partial charge < -0.3 is 4.74 Å². The van der Waals surface area contributed by atoms with Crippen LogP contribution in [0.15, 0.2) is 42.6 Å². The van der Waals surface area contributed by atoms with Crippen LogP contribution in [-0.4, -0.2) is 18.1 Å². The second-order valence-electron chi connectivity index (χ2n) is 4.61. The number of ether oxygens (including phenoxy) is 1. The summed E-state index contributed by atoms with van der Waals surface area (Å²) in [5.74, 6) is 5.94. The normalized spacial score (nSPS) is 12.2. The smallest absolute Gasteiger partial charge is 0.212 e. The lowest BCUT2D eigenvalue weighted by Gasteiger charge is -2.16. The van der Waals surface area contributed by atoms with Crippen molar-refractivity contribution in [2.24, 2.45) is 5.84 Å². The minimum atomic E-state index is -0.231. The summed E-state index contributed by atoms with van der Waals surface area (Å²) in [6.45, 7) is 0. The highest BCUT2D eigenvalue weighted by Gasteiger charge is 2.09. The summed E-state index contributed by atoms with van der Waals surface area (Å²) in [5.41, 5.74) is 4.89. The molecule has 2 aromatic rings. The molecule has 1 aromatic carbocycles. The van der Waals surface area contributed by atoms with Gasteiger partial charge in [-0.3, -0.25) is 11.3 Å². The third-order valence-corrected chi connectivity index (χ3v) is 3.12. The van der Waals surface area contributed by atoms with Crippen molar-refractivity contribution in [3.63, 3.8) is 0 Å². The van der Waals surface area contributed by atoms with E-state index in [1.165, 1.54) is 12.1 Å². The number of pyridine rings is 1. The molecule has 1 heterocycles. The topological polar surface area (TPSA) is 60.2 Å². The lowest BCUT2D eigenvalue weighted by Crippen LogP contribution is -2.38. The number of nitrogens with two attached hydrogens (primary N) is 1. The fourth-order valence-corrected chi connectivity index (χ4v) is 2.03. The van der Waals surface area contributed by atoms with Crippen LogP contribution in [0.2, 0.25) is 0 Å². The Kier molecular flexibility index (Phi) is 5.03. The highest BCUT2D eigenvalue weighted by molar-refractivity contribution is 5.21. The monoisotopic (exact) mass is 275 g/mol. The highest BCUT2D eigenvalue weighted by atomic mass is 19.1. The van der Waals surface area contributed by atoms with Crippen molar-refractivity contribution < 1.29 is 9.13 Å². The maximum Gasteiger partial charge on any atom is 0.212 e. The standard InChI is InChI=1S/C15H18FN3O/c1-20-15-7-4-12(10-18-15)9-14(19-17)8-11-2-5-13(16)6-3-11/h2-7,10,14,19H,8-9,17H2,1H3. The molecule has 0 spiro atoms. The molecule has 0 aliphatic carbocycles. The first-order valence-electron chi connectivity index (χ1n) is 6.40. The number of rotatable bonds is 6. The minimum Gasteiger partial charge on any atom is -0.481 e. The largest absolute Gasteiger partial charge is 0.481 e. The van der Waals surface area contributed by atoms with Gasteiger partial charge in [-0.15, -0.1) is 0 Å². The summed E-state index contributed by atoms with van der Waals surface area (Å²) in [6, 6.07) is 10.3. The van der Waals surface area contributed by atoms with Crippen molar-refractivity contribution in [2.75, 3.05) is 7.11 Å². The zero-order valence-electron chi connectivity index (χ0n) is 11.3. The van der Waals surface area contributed by atoms with E-state index in [1.54, 1.807) is 25.4 Å². The van der Waals surface area contributed by atoms with Gasteiger partial charge in [-0.25, -0.2) is 9.37 Å². The molecule has 0 amide bonds. The van der Waals surface area contributed by atoms with Crippen molar-refractivity contribution in [2.45, 2.75) is 18.9 Å². The molecular formula is C15H18FN3O. The second kappa shape index (κ2) is 6.98. The van der Waals surface area contributed by atoms with Gasteiger partial charge >= 0.3 is 0 Å². The number of hydrogen-bond donors (Lipinski definition) is 2. The molecule has 0 radical (unpaired) electrons. The Morgan fingerprint density at radius 1 is 1.15 bits per heavy atom. The molecule has 3 N–H and O–H groups in total. The van der Waals surface area contributed by atoms with Gasteiger partial charge in [0.05, 0.1) is 7.11 Å². The van der Waals surface area contributed by atoms with E-state index in [0.29, 0.717) is 5.88 Å². The number of methoxy groups -OCH3 is 1. The second-order valence-corrected chi connectivity index (χ2v) is 4.61. The molecule has 0 saturated heterocycles. The van der Waals surface area contributed by atoms with Crippen LogP contribution in [0.5, 0.6) is 5.88 Å². The summed E-state index contributed by atoms with van der Waals surface area (Å²) in [5, 5.41) is 0. The lowest BCUT2D eigenvalue weighted by molar-refractivity contribution is 0.397. The van der Waals surface area contributed by atoms with E-state index in [4.69, 9.17) is 10.6 Å². The van der Waals surface area contributed by atoms with Crippen LogP contribution in [0, 0.1) is 5.82 Å². The number of nitrogens with one attached hydrogen (secondary N) is 1. The molecule has 1 unspecified atom stereocenters. The van der Waals surface area contributed by atoms with E-state index in [9.17, 15) is 4.39 Å². The summed E-state index contributed by atoms with van der Waals surface area (Å²) < 4.78 is 17.9. The Morgan fingerprint density at radius 2 is 1.80 bits per heavy atom. The van der Waals surface area contributed by atoms with Crippen LogP contribution in [-0.2, 0) is 12.8 Å². The Morgan fingerprint density at radius 3 is 2.35 bits per heavy atom. The first-order valence-corrected chi connectivity index (χ1v) is 6.40. The fourth-order valence-electron chi connectivity index (χ4n) is 2.03. The van der Waals surface area contributed by atoms with Gasteiger partial charge in [-0.2, -0.15) is 0 Å². The van der Waals surface area contributed by atoms with E-state index in [0.717, 1.165) is 24.0 Å². The molecule has 106 valence electrons. The Bertz CT molecular complexity index is 528. The molecular weight excluding hydrogens is 257 g/mol. The SMILES string of the molecule is COc1ccc(CC(Cc2ccc(F)cc2)NN)cn1. The van der Waals surface area contributed by atoms with Crippen LogP contribution in [0.1, 0.15) is 11.1 Å². The predicted octanol–water partition coefficient (Wildman–Crippen LogP) is 1.85. The number of aromatic nitrogens is 1. The van der Waals surface area contributed by atoms with E-state index >= 15 is 0 Å². The molecule has 20 heavy (non-hydrogen) atoms. The van der Waals surface area contributed by atoms with Gasteiger partial charge in [-0.05, 0) is 36.1 Å². The number of nitrogens with zero attached hydrogens (tertiary/aromatic N) is 1. The number of benzene rings is 1. The minimum absolute atomic E-state index is 0.0654. The third-order valence-electron chi connectivity index (χ3n) is 3.12. The van der Waals surface area contributed by atoms with Crippen LogP contribution >= 0.6 is 0 Å². The fraction of sp³-hybridized carbons (Fsp3) is 0.267. The van der Waals surface area contributed by atoms with Gasteiger partial charge in [0.2, 0.25) is 5.88 Å². The molecule has 0 fully saturated rings. The summed E-state index contributed by atoms with van der Waals surface area (Å²) >= 11 is 0. The number of halogens is 1. The predicted molar refractivity (Wildman–Crippen MR) is 75.7 cm³/mol. The molecule has 1 atom stereocenters. The third kappa shape index (κ3) is 4.01. The van der Waals surface area contributed by atoms with Crippen LogP contribution in [0.3, 0.4) is 0 Å². The molecule has 0 saturated carbocycles. The van der Waals surface area contributed by atoms with Crippen LogP contribution in [0.25, 0.3) is 0 Å². The van der Waals surface area contributed by atoms with Crippen molar-refractivity contribution in [1.29, 1.82) is 0 Å². The van der Waals surface area contributed by atoms with Crippen molar-refractivity contribution in [1.82, 2.24) is 10.4 Å². The first kappa shape index (κ1) is 14.4. The molecule has 5 heteroatoms. The molecule has 0 aliphatic heterocycles. The van der Waals surface area contributed by atoms with Gasteiger partial charge in [0, 0.05) is 18.3 Å². The van der Waals surface area contributed by atoms with Crippen LogP contribution < -0.4 is 16.0 Å². The molecule has 4 nitrogen and oxygen atoms in total. The van der Waals surface area contributed by atoms with E-state index in [-0.39, 0.29) is 11.9 Å². The lowest BCUT2D eigenvalue weighted by atomic mass is 10.0. The molecule has 1 aromatic heterocycles. The maximum absolute atomic E-state index is 12.9. The maximum atomic E-state index is 12.9. The number of hydrogen-bond acceptors (Lipinski definition) is 4. The van der Waals surface area contributed by atoms with Crippen LogP contribution in [0.4, 0.5) is 4.39 Å². The van der Waals surface area contributed by atoms with E-state index < -0.39 is 0 Å². The van der Waals surface area contributed by atoms with Crippen molar-refractivity contribution in [3.05, 3.63) is 59.5 Å². The van der Waals surface area contributed by atoms with Gasteiger partial charge in [0.1, 0.15) is 5.82 Å². The number of hydrazine groups is 1. The highest BCUT2D eigenvalue weighted by Crippen LogP contribution is 2.12. The Hall–Kier alpha value is -1.98. The summed E-state index contributed by atoms with van der Waals surface area (Å²) in [4.78, 5) is 4.16. The quantitative estimate of drug-likeness (QED) is 0.624. The zero-order valence-corrected chi connectivity index (χ0v) is 11.3. The van der Waals surface area contributed by atoms with Gasteiger partial charge in [0.25, 0.3) is 0 Å². The Labute approximate surface area is 117 Å². The zero-order chi connectivity index (χ0) is 14.4. The molecule has 0 aliphatic rings. The van der Waals surface area contributed by atoms with E-state index in [1.807, 2.05) is 12.1 Å². The molecule has 2 rings (SSSR count). The van der Waals surface area contributed by atoms with Gasteiger partial charge in [0.15, 0.2) is 0 Å². The van der Waals surface area contributed by atoms with Gasteiger partial charge in [-0.1, -0.05) is 18.2 Å². The Balaban J connectivity index is 1.99. The summed E-state index contributed by atoms with van der Waals surface area (Å²) in [6.07, 6.45) is 3.24. The first-order chi connectivity index (χ1) is 9.71. The van der Waals surface area contributed by atoms with E-state index in [2.05, 4.69) is 10.4 Å². The summed E-state index contributed by atoms with van der Waals surface area (Å²) in [7, 11) is 1.58. The van der Waals surface area contributed by atoms with Crippen molar-refractivity contribution in [3.8, 4) is 5.88 Å². The average Bonchev–Trinajstić information content (AvgIpc) is 2.49. The molecule has 0 bridgehead atoms. The van der Waals surface area contributed by atoms with Crippen molar-refractivity contribution >= 4 is 0 Å².